The van der Waals surface area contributed by atoms with Crippen LogP contribution >= 0.6 is 0 Å². The third kappa shape index (κ3) is 4.01. The van der Waals surface area contributed by atoms with Crippen molar-refractivity contribution in [1.29, 1.82) is 0 Å². The second kappa shape index (κ2) is 6.55. The minimum absolute atomic E-state index is 0.0175. The maximum atomic E-state index is 8.95. The van der Waals surface area contributed by atoms with Gasteiger partial charge in [0.2, 0.25) is 0 Å². The molecule has 2 rings (SSSR count). The van der Waals surface area contributed by atoms with Crippen molar-refractivity contribution >= 4 is 0 Å². The highest BCUT2D eigenvalue weighted by Gasteiger charge is 2.28. The second-order valence-corrected chi connectivity index (χ2v) is 4.66. The molecule has 2 aliphatic rings. The fourth-order valence-electron chi connectivity index (χ4n) is 2.19. The van der Waals surface area contributed by atoms with Crippen molar-refractivity contribution in [2.45, 2.75) is 44.4 Å². The molecule has 0 aromatic heterocycles. The Morgan fingerprint density at radius 2 is 2.06 bits per heavy atom. The Balaban J connectivity index is 1.57. The van der Waals surface area contributed by atoms with Crippen molar-refractivity contribution in [1.82, 2.24) is 4.90 Å². The Labute approximate surface area is 97.5 Å². The summed E-state index contributed by atoms with van der Waals surface area (Å²) in [5.41, 5.74) is 0. The third-order valence-corrected chi connectivity index (χ3v) is 3.27. The highest BCUT2D eigenvalue weighted by Crippen LogP contribution is 2.26. The molecule has 1 aliphatic heterocycles. The lowest BCUT2D eigenvalue weighted by Gasteiger charge is -2.25. The largest absolute Gasteiger partial charge is 0.395 e. The van der Waals surface area contributed by atoms with E-state index in [2.05, 4.69) is 4.90 Å². The topological polar surface area (TPSA) is 41.9 Å². The summed E-state index contributed by atoms with van der Waals surface area (Å²) in [6, 6.07) is 0.697. The zero-order valence-corrected chi connectivity index (χ0v) is 9.94. The van der Waals surface area contributed by atoms with E-state index in [0.29, 0.717) is 6.04 Å². The molecule has 0 bridgehead atoms. The van der Waals surface area contributed by atoms with Crippen molar-refractivity contribution in [2.75, 3.05) is 32.9 Å². The number of nitrogens with zero attached hydrogens (tertiary/aromatic N) is 1. The average Bonchev–Trinajstić information content (AvgIpc) is 3.13. The van der Waals surface area contributed by atoms with Gasteiger partial charge in [-0.3, -0.25) is 4.90 Å². The van der Waals surface area contributed by atoms with Crippen molar-refractivity contribution in [3.63, 3.8) is 0 Å². The highest BCUT2D eigenvalue weighted by molar-refractivity contribution is 4.84. The van der Waals surface area contributed by atoms with Crippen LogP contribution in [0.4, 0.5) is 0 Å². The summed E-state index contributed by atoms with van der Waals surface area (Å²) in [5, 5.41) is 8.95. The number of hydrogen-bond donors (Lipinski definition) is 1. The molecule has 1 heterocycles. The van der Waals surface area contributed by atoms with Crippen LogP contribution < -0.4 is 0 Å². The molecule has 1 unspecified atom stereocenters. The lowest BCUT2D eigenvalue weighted by Crippen LogP contribution is -2.34. The van der Waals surface area contributed by atoms with E-state index in [0.717, 1.165) is 32.7 Å². The maximum Gasteiger partial charge on any atom is 0.157 e. The summed E-state index contributed by atoms with van der Waals surface area (Å²) in [4.78, 5) is 2.32. The van der Waals surface area contributed by atoms with Gasteiger partial charge in [0.1, 0.15) is 0 Å². The van der Waals surface area contributed by atoms with Crippen molar-refractivity contribution < 1.29 is 14.6 Å². The predicted molar refractivity (Wildman–Crippen MR) is 61.2 cm³/mol. The smallest absolute Gasteiger partial charge is 0.157 e. The predicted octanol–water partition coefficient (Wildman–Crippen LogP) is 0.986. The van der Waals surface area contributed by atoms with Gasteiger partial charge in [-0.1, -0.05) is 0 Å². The molecule has 4 nitrogen and oxygen atoms in total. The summed E-state index contributed by atoms with van der Waals surface area (Å²) in [6.45, 7) is 3.51. The van der Waals surface area contributed by atoms with Gasteiger partial charge in [0.25, 0.3) is 0 Å². The Kier molecular flexibility index (Phi) is 5.03. The van der Waals surface area contributed by atoms with E-state index in [1.807, 2.05) is 0 Å². The third-order valence-electron chi connectivity index (χ3n) is 3.27. The van der Waals surface area contributed by atoms with Crippen LogP contribution in [0.15, 0.2) is 0 Å². The van der Waals surface area contributed by atoms with Gasteiger partial charge in [-0.15, -0.1) is 0 Å². The molecular formula is C12H23NO3. The summed E-state index contributed by atoms with van der Waals surface area (Å²) in [7, 11) is 0. The molecule has 1 aliphatic carbocycles. The summed E-state index contributed by atoms with van der Waals surface area (Å²) >= 11 is 0. The van der Waals surface area contributed by atoms with Crippen LogP contribution in [0.3, 0.4) is 0 Å². The van der Waals surface area contributed by atoms with Crippen LogP contribution in [0.25, 0.3) is 0 Å². The standard InChI is InChI=1S/C12H23NO3/c14-8-6-13(11-4-5-11)7-10-16-12-3-1-2-9-15-12/h11-12,14H,1-10H2. The number of rotatable bonds is 7. The van der Waals surface area contributed by atoms with Gasteiger partial charge in [-0.2, -0.15) is 0 Å². The molecule has 1 N–H and O–H groups in total. The Morgan fingerprint density at radius 3 is 2.69 bits per heavy atom. The molecule has 4 heteroatoms. The lowest BCUT2D eigenvalue weighted by atomic mass is 10.2. The maximum absolute atomic E-state index is 8.95. The number of ether oxygens (including phenoxy) is 2. The molecule has 1 saturated carbocycles. The van der Waals surface area contributed by atoms with E-state index in [4.69, 9.17) is 14.6 Å². The first-order chi connectivity index (χ1) is 7.90. The first-order valence-corrected chi connectivity index (χ1v) is 6.48. The van der Waals surface area contributed by atoms with Crippen molar-refractivity contribution in [3.8, 4) is 0 Å². The monoisotopic (exact) mass is 229 g/mol. The Morgan fingerprint density at radius 1 is 1.19 bits per heavy atom. The molecule has 16 heavy (non-hydrogen) atoms. The molecular weight excluding hydrogens is 206 g/mol. The molecule has 0 radical (unpaired) electrons. The first-order valence-electron chi connectivity index (χ1n) is 6.48. The molecule has 1 atom stereocenters. The van der Waals surface area contributed by atoms with Gasteiger partial charge < -0.3 is 14.6 Å². The Hall–Kier alpha value is -0.160. The van der Waals surface area contributed by atoms with Crippen LogP contribution in [-0.2, 0) is 9.47 Å². The van der Waals surface area contributed by atoms with Crippen molar-refractivity contribution in [2.24, 2.45) is 0 Å². The van der Waals surface area contributed by atoms with Gasteiger partial charge in [0, 0.05) is 25.7 Å². The minimum Gasteiger partial charge on any atom is -0.395 e. The second-order valence-electron chi connectivity index (χ2n) is 4.66. The minimum atomic E-state index is 0.0175. The summed E-state index contributed by atoms with van der Waals surface area (Å²) in [5.74, 6) is 0. The number of aliphatic hydroxyl groups is 1. The summed E-state index contributed by atoms with van der Waals surface area (Å²) in [6.07, 6.45) is 5.99. The summed E-state index contributed by atoms with van der Waals surface area (Å²) < 4.78 is 11.2. The normalized spacial score (nSPS) is 26.2. The fourth-order valence-corrected chi connectivity index (χ4v) is 2.19. The van der Waals surface area contributed by atoms with E-state index in [-0.39, 0.29) is 12.9 Å². The van der Waals surface area contributed by atoms with E-state index < -0.39 is 0 Å². The van der Waals surface area contributed by atoms with E-state index in [9.17, 15) is 0 Å². The van der Waals surface area contributed by atoms with Crippen molar-refractivity contribution in [3.05, 3.63) is 0 Å². The van der Waals surface area contributed by atoms with Gasteiger partial charge in [0.05, 0.1) is 13.2 Å². The number of hydrogen-bond acceptors (Lipinski definition) is 4. The molecule has 94 valence electrons. The Bertz CT molecular complexity index is 191. The molecule has 1 saturated heterocycles. The zero-order valence-electron chi connectivity index (χ0n) is 9.94. The van der Waals surface area contributed by atoms with E-state index >= 15 is 0 Å². The fraction of sp³-hybridized carbons (Fsp3) is 1.00. The molecule has 2 fully saturated rings. The molecule has 0 aromatic rings. The van der Waals surface area contributed by atoms with Crippen LogP contribution in [0.5, 0.6) is 0 Å². The SMILES string of the molecule is OCCN(CCOC1CCCCO1)C1CC1. The lowest BCUT2D eigenvalue weighted by molar-refractivity contribution is -0.164. The number of aliphatic hydroxyl groups excluding tert-OH is 1. The van der Waals surface area contributed by atoms with Gasteiger partial charge in [0.15, 0.2) is 6.29 Å². The van der Waals surface area contributed by atoms with E-state index in [1.165, 1.54) is 25.7 Å². The average molecular weight is 229 g/mol. The van der Waals surface area contributed by atoms with E-state index in [1.54, 1.807) is 0 Å². The zero-order chi connectivity index (χ0) is 11.2. The van der Waals surface area contributed by atoms with Crippen LogP contribution in [0.2, 0.25) is 0 Å². The van der Waals surface area contributed by atoms with Gasteiger partial charge >= 0.3 is 0 Å². The highest BCUT2D eigenvalue weighted by atomic mass is 16.7. The van der Waals surface area contributed by atoms with Crippen LogP contribution in [0.1, 0.15) is 32.1 Å². The van der Waals surface area contributed by atoms with Crippen LogP contribution in [-0.4, -0.2) is 55.2 Å². The molecule has 0 spiro atoms. The molecule has 0 amide bonds. The van der Waals surface area contributed by atoms with Gasteiger partial charge in [-0.05, 0) is 32.1 Å². The van der Waals surface area contributed by atoms with Crippen LogP contribution in [0, 0.1) is 0 Å². The quantitative estimate of drug-likeness (QED) is 0.707. The van der Waals surface area contributed by atoms with Gasteiger partial charge in [-0.25, -0.2) is 0 Å². The first kappa shape index (κ1) is 12.3. The molecule has 0 aromatic carbocycles.